The van der Waals surface area contributed by atoms with Gasteiger partial charge in [0.2, 0.25) is 0 Å². The first kappa shape index (κ1) is 64.7. The van der Waals surface area contributed by atoms with E-state index >= 15 is 0 Å². The van der Waals surface area contributed by atoms with Gasteiger partial charge in [0.25, 0.3) is 0 Å². The molecule has 18 heteroatoms. The minimum atomic E-state index is -0.523. The highest BCUT2D eigenvalue weighted by Gasteiger charge is 2.22. The molecule has 0 fully saturated rings. The molecule has 0 radical (unpaired) electrons. The van der Waals surface area contributed by atoms with Crippen LogP contribution in [0.25, 0.3) is 55.0 Å². The molecule has 94 heavy (non-hydrogen) atoms. The Morgan fingerprint density at radius 1 is 0.330 bits per heavy atom. The van der Waals surface area contributed by atoms with Crippen LogP contribution in [0.3, 0.4) is 0 Å². The van der Waals surface area contributed by atoms with E-state index in [4.69, 9.17) is 19.4 Å². The van der Waals surface area contributed by atoms with Gasteiger partial charge in [-0.25, -0.2) is 19.2 Å². The van der Waals surface area contributed by atoms with Gasteiger partial charge in [-0.05, 0) is 207 Å². The smallest absolute Gasteiger partial charge is 0.318 e. The molecule has 2 heterocycles. The van der Waals surface area contributed by atoms with Gasteiger partial charge in [-0.15, -0.1) is 23.5 Å². The molecular formula is C76H64N6O10S2. The van der Waals surface area contributed by atoms with Crippen molar-refractivity contribution in [2.75, 3.05) is 0 Å². The summed E-state index contributed by atoms with van der Waals surface area (Å²) >= 11 is 3.41. The molecule has 0 spiro atoms. The average Bonchev–Trinajstić information content (AvgIpc) is 1.59. The number of ketones is 2. The summed E-state index contributed by atoms with van der Waals surface area (Å²) in [5.41, 5.74) is 16.8. The van der Waals surface area contributed by atoms with Gasteiger partial charge in [-0.3, -0.25) is 9.59 Å². The Labute approximate surface area is 550 Å². The van der Waals surface area contributed by atoms with Crippen LogP contribution in [0.1, 0.15) is 132 Å². The fourth-order valence-electron chi connectivity index (χ4n) is 11.1. The number of carbonyl (C=O) groups excluding carboxylic acids is 6. The highest BCUT2D eigenvalue weighted by atomic mass is 32.2. The van der Waals surface area contributed by atoms with Crippen molar-refractivity contribution in [2.24, 2.45) is 20.6 Å². The van der Waals surface area contributed by atoms with Crippen molar-refractivity contribution >= 4 is 125 Å². The number of aromatic nitrogens is 2. The van der Waals surface area contributed by atoms with Crippen molar-refractivity contribution < 1.29 is 48.1 Å². The van der Waals surface area contributed by atoms with E-state index < -0.39 is 23.9 Å². The van der Waals surface area contributed by atoms with Crippen LogP contribution in [0.5, 0.6) is 0 Å². The van der Waals surface area contributed by atoms with E-state index in [-0.39, 0.29) is 11.6 Å². The van der Waals surface area contributed by atoms with Gasteiger partial charge in [0.05, 0.1) is 44.9 Å². The van der Waals surface area contributed by atoms with E-state index in [2.05, 4.69) is 66.2 Å². The zero-order valence-electron chi connectivity index (χ0n) is 53.3. The molecule has 0 aliphatic heterocycles. The summed E-state index contributed by atoms with van der Waals surface area (Å²) in [6.07, 6.45) is 0. The molecule has 0 unspecified atom stereocenters. The van der Waals surface area contributed by atoms with Gasteiger partial charge in [0, 0.05) is 104 Å². The van der Waals surface area contributed by atoms with Gasteiger partial charge >= 0.3 is 23.9 Å². The summed E-state index contributed by atoms with van der Waals surface area (Å²) in [5.74, 6) is -0.782. The Kier molecular flexibility index (Phi) is 19.2. The summed E-state index contributed by atoms with van der Waals surface area (Å²) in [6, 6.07) is 59.4. The van der Waals surface area contributed by atoms with E-state index in [0.29, 0.717) is 45.1 Å². The lowest BCUT2D eigenvalue weighted by atomic mass is 9.97. The van der Waals surface area contributed by atoms with Gasteiger partial charge in [-0.1, -0.05) is 81.3 Å². The van der Waals surface area contributed by atoms with Crippen LogP contribution in [0.15, 0.2) is 212 Å². The number of aryl methyl sites for hydroxylation is 2. The zero-order valence-corrected chi connectivity index (χ0v) is 54.9. The molecule has 11 aromatic rings. The van der Waals surface area contributed by atoms with Gasteiger partial charge < -0.3 is 28.5 Å². The van der Waals surface area contributed by atoms with E-state index in [0.717, 1.165) is 121 Å². The van der Waals surface area contributed by atoms with Crippen LogP contribution >= 0.6 is 23.5 Å². The minimum Gasteiger partial charge on any atom is -0.318 e. The third kappa shape index (κ3) is 14.3. The molecule has 0 aliphatic carbocycles. The first-order chi connectivity index (χ1) is 45.2. The van der Waals surface area contributed by atoms with E-state index in [9.17, 15) is 28.8 Å². The number of benzene rings is 9. The maximum atomic E-state index is 14.5. The first-order valence-corrected chi connectivity index (χ1v) is 32.1. The number of hydrogen-bond acceptors (Lipinski definition) is 16. The number of rotatable bonds is 20. The second-order valence-electron chi connectivity index (χ2n) is 22.7. The van der Waals surface area contributed by atoms with Gasteiger partial charge in [-0.2, -0.15) is 0 Å². The largest absolute Gasteiger partial charge is 0.331 e. The first-order valence-electron chi connectivity index (χ1n) is 30.1. The average molecular weight is 1290 g/mol. The molecule has 470 valence electrons. The normalized spacial score (nSPS) is 12.2. The van der Waals surface area contributed by atoms with Crippen molar-refractivity contribution in [2.45, 2.75) is 90.5 Å². The van der Waals surface area contributed by atoms with Crippen molar-refractivity contribution in [1.29, 1.82) is 0 Å². The molecule has 0 saturated carbocycles. The molecule has 9 aromatic carbocycles. The quantitative estimate of drug-likeness (QED) is 0.0230. The van der Waals surface area contributed by atoms with Crippen molar-refractivity contribution in [3.63, 3.8) is 0 Å². The van der Waals surface area contributed by atoms with Gasteiger partial charge in [0.15, 0.2) is 11.6 Å². The van der Waals surface area contributed by atoms with Crippen LogP contribution < -0.4 is 0 Å². The number of thioether (sulfide) groups is 2. The second-order valence-corrected chi connectivity index (χ2v) is 24.8. The molecule has 0 atom stereocenters. The molecule has 2 aromatic heterocycles. The maximum Gasteiger partial charge on any atom is 0.331 e. The summed E-state index contributed by atoms with van der Waals surface area (Å²) in [5, 5.41) is 19.4. The Hall–Kier alpha value is -10.8. The predicted octanol–water partition coefficient (Wildman–Crippen LogP) is 16.7. The standard InChI is InChI=1S/C76H64N6O10S2/c1-43-35-63(27-29-65(43)75(87)59-21-33-73-69(39-59)67-37-57(47(5)79-91-51(9)85)19-31-71(67)81(73)61-23-15-55(16-24-61)45(3)77-89-49(7)83)93-41-53-11-13-54(14-12-53)42-94-64-28-30-66(44(2)36-64)76(88)60-22-34-74-70(40-60)68-38-58(48(6)80-92-52(10)86)20-32-72(68)82(74)62-25-17-56(18-26-62)46(4)78-90-50(8)84/h11-40H,41-42H2,1-10H3/b77-45+,78-46+,79-47?,80-48?. The third-order valence-corrected chi connectivity index (χ3v) is 18.1. The molecule has 0 N–H and O–H groups in total. The lowest BCUT2D eigenvalue weighted by molar-refractivity contribution is -0.141. The zero-order chi connectivity index (χ0) is 66.5. The topological polar surface area (TPSA) is 199 Å². The van der Waals surface area contributed by atoms with Crippen molar-refractivity contribution in [1.82, 2.24) is 9.13 Å². The summed E-state index contributed by atoms with van der Waals surface area (Å²) < 4.78 is 4.25. The lowest BCUT2D eigenvalue weighted by Crippen LogP contribution is -2.04. The number of hydrogen-bond donors (Lipinski definition) is 0. The predicted molar refractivity (Wildman–Crippen MR) is 372 cm³/mol. The summed E-state index contributed by atoms with van der Waals surface area (Å²) in [4.78, 5) is 96.7. The van der Waals surface area contributed by atoms with Crippen LogP contribution in [-0.4, -0.2) is 67.4 Å². The number of nitrogens with zero attached hydrogens (tertiary/aromatic N) is 6. The summed E-state index contributed by atoms with van der Waals surface area (Å²) in [6.45, 7) is 16.2. The molecular weight excluding hydrogens is 1220 g/mol. The van der Waals surface area contributed by atoms with Gasteiger partial charge in [0.1, 0.15) is 0 Å². The fourth-order valence-corrected chi connectivity index (χ4v) is 13.0. The van der Waals surface area contributed by atoms with Crippen LogP contribution in [0.2, 0.25) is 0 Å². The summed E-state index contributed by atoms with van der Waals surface area (Å²) in [7, 11) is 0. The Balaban J connectivity index is 0.757. The monoisotopic (exact) mass is 1280 g/mol. The van der Waals surface area contributed by atoms with Crippen molar-refractivity contribution in [3.05, 3.63) is 249 Å². The van der Waals surface area contributed by atoms with Crippen LogP contribution in [0.4, 0.5) is 0 Å². The van der Waals surface area contributed by atoms with E-state index in [1.54, 1.807) is 51.2 Å². The Morgan fingerprint density at radius 2 is 0.606 bits per heavy atom. The maximum absolute atomic E-state index is 14.5. The van der Waals surface area contributed by atoms with Crippen LogP contribution in [0, 0.1) is 13.8 Å². The van der Waals surface area contributed by atoms with Crippen molar-refractivity contribution in [3.8, 4) is 11.4 Å². The molecule has 16 nitrogen and oxygen atoms in total. The highest BCUT2D eigenvalue weighted by Crippen LogP contribution is 2.38. The molecule has 0 amide bonds. The van der Waals surface area contributed by atoms with Crippen LogP contribution in [-0.2, 0) is 50.0 Å². The fraction of sp³-hybridized carbons (Fsp3) is 0.158. The molecule has 0 aliphatic rings. The molecule has 0 saturated heterocycles. The van der Waals surface area contributed by atoms with E-state index in [1.165, 1.54) is 27.7 Å². The number of oxime groups is 4. The third-order valence-electron chi connectivity index (χ3n) is 15.9. The molecule has 0 bridgehead atoms. The lowest BCUT2D eigenvalue weighted by Gasteiger charge is -2.11. The second kappa shape index (κ2) is 28.0. The Morgan fingerprint density at radius 3 is 0.904 bits per heavy atom. The van der Waals surface area contributed by atoms with E-state index in [1.807, 2.05) is 159 Å². The Bertz CT molecular complexity index is 4710. The molecule has 11 rings (SSSR count). The SMILES string of the molecule is CC(=O)ON=C(C)c1ccc2c(c1)c1cc(C(=O)c3ccc(SCc4ccc(CSc5ccc(C(=O)c6ccc7c(c6)c6cc(C(C)=NOC(C)=O)ccc6n7-c6ccc(/C(C)=N/OC(C)=O)cc6)c(C)c5)cc4)cc3C)ccc1n2-c1ccc(/C(C)=N/OC(C)=O)cc1. The highest BCUT2D eigenvalue weighted by molar-refractivity contribution is 7.98. The number of fused-ring (bicyclic) bond motifs is 6. The number of carbonyl (C=O) groups is 6. The minimum absolute atomic E-state index is 0.100.